The number of rotatable bonds is 4. The van der Waals surface area contributed by atoms with E-state index < -0.39 is 11.7 Å². The summed E-state index contributed by atoms with van der Waals surface area (Å²) in [4.78, 5) is 29.1. The SMILES string of the molecule is Cc1cc(O[C@@H](C)C(=O)N2CCN(c3cccc(C)c3C)CC2)c2c(C)cc(=O)oc2c1. The van der Waals surface area contributed by atoms with Crippen LogP contribution in [0.4, 0.5) is 5.69 Å². The van der Waals surface area contributed by atoms with Crippen molar-refractivity contribution >= 4 is 22.6 Å². The van der Waals surface area contributed by atoms with Crippen LogP contribution in [0.2, 0.25) is 0 Å². The van der Waals surface area contributed by atoms with Crippen molar-refractivity contribution in [3.63, 3.8) is 0 Å². The van der Waals surface area contributed by atoms with Gasteiger partial charge in [0, 0.05) is 37.9 Å². The molecule has 0 spiro atoms. The van der Waals surface area contributed by atoms with Crippen LogP contribution in [-0.2, 0) is 4.79 Å². The maximum absolute atomic E-state index is 13.1. The van der Waals surface area contributed by atoms with E-state index in [1.54, 1.807) is 6.92 Å². The second kappa shape index (κ2) is 8.69. The number of hydrogen-bond acceptors (Lipinski definition) is 5. The van der Waals surface area contributed by atoms with E-state index in [9.17, 15) is 9.59 Å². The van der Waals surface area contributed by atoms with E-state index in [1.165, 1.54) is 22.9 Å². The number of hydrogen-bond donors (Lipinski definition) is 0. The highest BCUT2D eigenvalue weighted by Crippen LogP contribution is 2.30. The lowest BCUT2D eigenvalue weighted by Crippen LogP contribution is -2.52. The molecular weight excluding hydrogens is 404 g/mol. The monoisotopic (exact) mass is 434 g/mol. The minimum absolute atomic E-state index is 0.0321. The van der Waals surface area contributed by atoms with Gasteiger partial charge in [0.05, 0.1) is 5.39 Å². The molecule has 6 heteroatoms. The summed E-state index contributed by atoms with van der Waals surface area (Å²) in [7, 11) is 0. The van der Waals surface area contributed by atoms with E-state index in [0.717, 1.165) is 29.6 Å². The van der Waals surface area contributed by atoms with Gasteiger partial charge in [0.2, 0.25) is 0 Å². The van der Waals surface area contributed by atoms with Crippen LogP contribution < -0.4 is 15.3 Å². The minimum atomic E-state index is -0.640. The Morgan fingerprint density at radius 3 is 2.44 bits per heavy atom. The smallest absolute Gasteiger partial charge is 0.336 e. The first-order chi connectivity index (χ1) is 15.2. The fourth-order valence-electron chi connectivity index (χ4n) is 4.41. The fourth-order valence-corrected chi connectivity index (χ4v) is 4.41. The molecule has 1 saturated heterocycles. The van der Waals surface area contributed by atoms with E-state index in [1.807, 2.05) is 30.9 Å². The highest BCUT2D eigenvalue weighted by molar-refractivity contribution is 5.88. The predicted molar refractivity (Wildman–Crippen MR) is 127 cm³/mol. The number of nitrogens with zero attached hydrogens (tertiary/aromatic N) is 2. The largest absolute Gasteiger partial charge is 0.480 e. The Labute approximate surface area is 188 Å². The lowest BCUT2D eigenvalue weighted by Gasteiger charge is -2.38. The van der Waals surface area contributed by atoms with E-state index >= 15 is 0 Å². The number of aryl methyl sites for hydroxylation is 3. The van der Waals surface area contributed by atoms with Gasteiger partial charge in [0.1, 0.15) is 11.3 Å². The van der Waals surface area contributed by atoms with Crippen molar-refractivity contribution in [3.05, 3.63) is 69.1 Å². The van der Waals surface area contributed by atoms with Crippen LogP contribution in [0.5, 0.6) is 5.75 Å². The first kappa shape index (κ1) is 21.9. The number of anilines is 1. The van der Waals surface area contributed by atoms with E-state index in [0.29, 0.717) is 24.4 Å². The molecule has 1 aliphatic rings. The molecule has 0 radical (unpaired) electrons. The molecule has 0 saturated carbocycles. The molecule has 1 fully saturated rings. The highest BCUT2D eigenvalue weighted by atomic mass is 16.5. The summed E-state index contributed by atoms with van der Waals surface area (Å²) in [6, 6.07) is 11.5. The molecule has 168 valence electrons. The van der Waals surface area contributed by atoms with Crippen molar-refractivity contribution in [2.75, 3.05) is 31.1 Å². The molecule has 2 heterocycles. The summed E-state index contributed by atoms with van der Waals surface area (Å²) in [5.74, 6) is 0.534. The molecule has 6 nitrogen and oxygen atoms in total. The van der Waals surface area contributed by atoms with Gasteiger partial charge < -0.3 is 19.0 Å². The first-order valence-electron chi connectivity index (χ1n) is 11.1. The average Bonchev–Trinajstić information content (AvgIpc) is 2.74. The molecule has 2 aromatic carbocycles. The Balaban J connectivity index is 1.47. The number of piperazine rings is 1. The minimum Gasteiger partial charge on any atom is -0.480 e. The van der Waals surface area contributed by atoms with Crippen LogP contribution in [0, 0.1) is 27.7 Å². The van der Waals surface area contributed by atoms with Crippen LogP contribution in [-0.4, -0.2) is 43.1 Å². The van der Waals surface area contributed by atoms with Crippen molar-refractivity contribution in [1.29, 1.82) is 0 Å². The molecule has 0 aliphatic carbocycles. The van der Waals surface area contributed by atoms with Crippen LogP contribution >= 0.6 is 0 Å². The average molecular weight is 435 g/mol. The predicted octanol–water partition coefficient (Wildman–Crippen LogP) is 4.14. The van der Waals surface area contributed by atoms with Gasteiger partial charge >= 0.3 is 5.63 Å². The Morgan fingerprint density at radius 1 is 1.00 bits per heavy atom. The molecule has 1 atom stereocenters. The zero-order valence-electron chi connectivity index (χ0n) is 19.4. The van der Waals surface area contributed by atoms with Gasteiger partial charge in [0.15, 0.2) is 6.10 Å². The summed E-state index contributed by atoms with van der Waals surface area (Å²) >= 11 is 0. The molecule has 0 bridgehead atoms. The van der Waals surface area contributed by atoms with Crippen LogP contribution in [0.25, 0.3) is 11.0 Å². The van der Waals surface area contributed by atoms with Crippen molar-refractivity contribution in [2.24, 2.45) is 0 Å². The maximum Gasteiger partial charge on any atom is 0.336 e. The number of benzene rings is 2. The van der Waals surface area contributed by atoms with Gasteiger partial charge in [-0.15, -0.1) is 0 Å². The number of ether oxygens (including phenoxy) is 1. The number of amides is 1. The lowest BCUT2D eigenvalue weighted by atomic mass is 10.1. The van der Waals surface area contributed by atoms with Crippen molar-refractivity contribution in [1.82, 2.24) is 4.90 Å². The number of carbonyl (C=O) groups excluding carboxylic acids is 1. The van der Waals surface area contributed by atoms with Gasteiger partial charge in [-0.2, -0.15) is 0 Å². The molecule has 32 heavy (non-hydrogen) atoms. The molecule has 1 amide bonds. The zero-order chi connectivity index (χ0) is 23.0. The third kappa shape index (κ3) is 4.22. The van der Waals surface area contributed by atoms with Gasteiger partial charge in [-0.3, -0.25) is 4.79 Å². The standard InChI is InChI=1S/C26H30N2O4/c1-16-13-22(25-18(3)15-24(29)32-23(25)14-16)31-20(5)26(30)28-11-9-27(10-12-28)21-8-6-7-17(2)19(21)4/h6-8,13-15,20H,9-12H2,1-5H3/t20-/m0/s1. The van der Waals surface area contributed by atoms with Gasteiger partial charge in [0.25, 0.3) is 5.91 Å². The van der Waals surface area contributed by atoms with Crippen molar-refractivity contribution < 1.29 is 13.9 Å². The topological polar surface area (TPSA) is 63.0 Å². The van der Waals surface area contributed by atoms with Crippen LogP contribution in [0.15, 0.2) is 45.6 Å². The Hall–Kier alpha value is -3.28. The molecule has 4 rings (SSSR count). The zero-order valence-corrected chi connectivity index (χ0v) is 19.4. The van der Waals surface area contributed by atoms with Gasteiger partial charge in [-0.25, -0.2) is 4.79 Å². The molecule has 0 unspecified atom stereocenters. The molecule has 1 aromatic heterocycles. The van der Waals surface area contributed by atoms with Crippen molar-refractivity contribution in [2.45, 2.75) is 40.7 Å². The second-order valence-corrected chi connectivity index (χ2v) is 8.68. The fraction of sp³-hybridized carbons (Fsp3) is 0.385. The molecular formula is C26H30N2O4. The first-order valence-corrected chi connectivity index (χ1v) is 11.1. The normalized spacial score (nSPS) is 15.2. The summed E-state index contributed by atoms with van der Waals surface area (Å²) in [5, 5.41) is 0.731. The summed E-state index contributed by atoms with van der Waals surface area (Å²) in [6.45, 7) is 12.7. The third-order valence-corrected chi connectivity index (χ3v) is 6.31. The number of fused-ring (bicyclic) bond motifs is 1. The van der Waals surface area contributed by atoms with E-state index in [4.69, 9.17) is 9.15 Å². The molecule has 3 aromatic rings. The third-order valence-electron chi connectivity index (χ3n) is 6.31. The summed E-state index contributed by atoms with van der Waals surface area (Å²) < 4.78 is 11.5. The van der Waals surface area contributed by atoms with E-state index in [2.05, 4.69) is 36.9 Å². The van der Waals surface area contributed by atoms with E-state index in [-0.39, 0.29) is 5.91 Å². The summed E-state index contributed by atoms with van der Waals surface area (Å²) in [5.41, 5.74) is 5.57. The Bertz CT molecular complexity index is 1220. The Kier molecular flexibility index (Phi) is 5.96. The van der Waals surface area contributed by atoms with Crippen molar-refractivity contribution in [3.8, 4) is 5.75 Å². The maximum atomic E-state index is 13.1. The highest BCUT2D eigenvalue weighted by Gasteiger charge is 2.27. The lowest BCUT2D eigenvalue weighted by molar-refractivity contribution is -0.138. The van der Waals surface area contributed by atoms with Crippen LogP contribution in [0.3, 0.4) is 0 Å². The van der Waals surface area contributed by atoms with Gasteiger partial charge in [-0.05, 0) is 75.1 Å². The van der Waals surface area contributed by atoms with Gasteiger partial charge in [-0.1, -0.05) is 12.1 Å². The quantitative estimate of drug-likeness (QED) is 0.578. The summed E-state index contributed by atoms with van der Waals surface area (Å²) in [6.07, 6.45) is -0.640. The van der Waals surface area contributed by atoms with Crippen LogP contribution in [0.1, 0.15) is 29.2 Å². The molecule has 1 aliphatic heterocycles. The second-order valence-electron chi connectivity index (χ2n) is 8.68. The Morgan fingerprint density at radius 2 is 1.72 bits per heavy atom. The number of carbonyl (C=O) groups is 1. The molecule has 0 N–H and O–H groups in total.